The van der Waals surface area contributed by atoms with Gasteiger partial charge in [-0.25, -0.2) is 29.7 Å². The first-order chi connectivity index (χ1) is 14.3. The Morgan fingerprint density at radius 2 is 2.13 bits per heavy atom. The van der Waals surface area contributed by atoms with Crippen molar-refractivity contribution in [3.63, 3.8) is 0 Å². The summed E-state index contributed by atoms with van der Waals surface area (Å²) in [5.41, 5.74) is 7.91. The van der Waals surface area contributed by atoms with Gasteiger partial charge in [-0.05, 0) is 34.2 Å². The quantitative estimate of drug-likeness (QED) is 0.0750. The monoisotopic (exact) mass is 568 g/mol. The van der Waals surface area contributed by atoms with Crippen LogP contribution in [0.25, 0.3) is 11.2 Å². The number of hydrazine groups is 1. The summed E-state index contributed by atoms with van der Waals surface area (Å²) in [7, 11) is 3.00. The number of methoxy groups -OCH3 is 1. The zero-order chi connectivity index (χ0) is 22.0. The van der Waals surface area contributed by atoms with Gasteiger partial charge in [-0.15, -0.1) is 5.10 Å². The number of para-hydroxylation sites is 1. The molecule has 0 saturated heterocycles. The van der Waals surface area contributed by atoms with Gasteiger partial charge in [0, 0.05) is 13.1 Å². The van der Waals surface area contributed by atoms with Crippen molar-refractivity contribution in [2.75, 3.05) is 19.5 Å². The molecule has 1 unspecified atom stereocenters. The number of nitrogens with zero attached hydrogens (tertiary/aromatic N) is 5. The molecule has 0 aliphatic rings. The smallest absolute Gasteiger partial charge is 0.295 e. The number of anilines is 2. The molecule has 2 heterocycles. The second-order valence-corrected chi connectivity index (χ2v) is 8.38. The van der Waals surface area contributed by atoms with Gasteiger partial charge in [-0.3, -0.25) is 4.34 Å². The van der Waals surface area contributed by atoms with Crippen molar-refractivity contribution >= 4 is 68.4 Å². The van der Waals surface area contributed by atoms with Crippen LogP contribution in [0.2, 0.25) is 5.15 Å². The van der Waals surface area contributed by atoms with Crippen molar-refractivity contribution in [3.05, 3.63) is 40.8 Å². The third-order valence-corrected chi connectivity index (χ3v) is 6.17. The first kappa shape index (κ1) is 22.7. The first-order valence-corrected chi connectivity index (χ1v) is 12.7. The Kier molecular flexibility index (Phi) is 7.11. The highest BCUT2D eigenvalue weighted by molar-refractivity contribution is 14.2. The SMILES string of the molecule is COc1c(Nc2cc(Cl)nc3c2nc(C(F)F)n3PI)cccc1/C(N)=N/N(C)N. The van der Waals surface area contributed by atoms with E-state index in [1.54, 1.807) is 18.2 Å². The Morgan fingerprint density at radius 3 is 2.73 bits per heavy atom. The van der Waals surface area contributed by atoms with E-state index < -0.39 is 6.43 Å². The molecular weight excluding hydrogens is 552 g/mol. The standard InChI is InChI=1S/C16H17ClF2IN8OP/c1-27(22)26-14(21)7-4-3-5-8(12(7)29-2)23-9-6-10(17)24-15-11(9)25-16(13(18)19)28(15)30-20/h3-6,13,30H,22H2,1-2H3,(H2,21,26)(H,23,24). The summed E-state index contributed by atoms with van der Waals surface area (Å²) >= 11 is 8.14. The van der Waals surface area contributed by atoms with Gasteiger partial charge in [-0.2, -0.15) is 0 Å². The van der Waals surface area contributed by atoms with Crippen LogP contribution >= 0.6 is 40.0 Å². The van der Waals surface area contributed by atoms with Crippen LogP contribution in [-0.2, 0) is 0 Å². The number of hydrazone groups is 1. The Bertz CT molecular complexity index is 1110. The maximum absolute atomic E-state index is 13.5. The Balaban J connectivity index is 2.15. The molecule has 5 N–H and O–H groups in total. The lowest BCUT2D eigenvalue weighted by Crippen LogP contribution is -2.26. The van der Waals surface area contributed by atoms with E-state index in [1.807, 2.05) is 22.0 Å². The summed E-state index contributed by atoms with van der Waals surface area (Å²) in [5.74, 6) is 5.67. The van der Waals surface area contributed by atoms with E-state index in [4.69, 9.17) is 27.9 Å². The molecule has 1 atom stereocenters. The van der Waals surface area contributed by atoms with Crippen LogP contribution in [0.4, 0.5) is 20.2 Å². The Morgan fingerprint density at radius 1 is 1.40 bits per heavy atom. The van der Waals surface area contributed by atoms with E-state index in [9.17, 15) is 8.78 Å². The number of ether oxygens (including phenoxy) is 1. The minimum atomic E-state index is -2.75. The van der Waals surface area contributed by atoms with Crippen LogP contribution in [0.15, 0.2) is 29.4 Å². The topological polar surface area (TPSA) is 120 Å². The normalized spacial score (nSPS) is 12.3. The van der Waals surface area contributed by atoms with Crippen molar-refractivity contribution in [2.24, 2.45) is 16.7 Å². The molecule has 3 rings (SSSR count). The molecule has 1 aromatic carbocycles. The zero-order valence-corrected chi connectivity index (χ0v) is 19.6. The van der Waals surface area contributed by atoms with E-state index in [1.165, 1.54) is 24.6 Å². The summed E-state index contributed by atoms with van der Waals surface area (Å²) in [6.07, 6.45) is -2.78. The van der Waals surface area contributed by atoms with Crippen molar-refractivity contribution in [3.8, 4) is 5.75 Å². The third kappa shape index (κ3) is 4.51. The second kappa shape index (κ2) is 9.41. The van der Waals surface area contributed by atoms with Crippen LogP contribution in [0.5, 0.6) is 5.75 Å². The number of nitrogens with two attached hydrogens (primary N) is 2. The van der Waals surface area contributed by atoms with Crippen molar-refractivity contribution < 1.29 is 13.5 Å². The van der Waals surface area contributed by atoms with Gasteiger partial charge >= 0.3 is 0 Å². The van der Waals surface area contributed by atoms with E-state index in [0.717, 1.165) is 5.12 Å². The molecule has 0 saturated carbocycles. The van der Waals surface area contributed by atoms with Gasteiger partial charge < -0.3 is 15.8 Å². The summed E-state index contributed by atoms with van der Waals surface area (Å²) in [6, 6.07) is 6.67. The molecule has 0 radical (unpaired) electrons. The molecule has 14 heteroatoms. The number of benzene rings is 1. The number of pyridine rings is 1. The predicted molar refractivity (Wildman–Crippen MR) is 124 cm³/mol. The van der Waals surface area contributed by atoms with Crippen molar-refractivity contribution in [1.82, 2.24) is 19.4 Å². The number of alkyl halides is 2. The molecular formula is C16H17ClF2IN8OP. The van der Waals surface area contributed by atoms with Crippen molar-refractivity contribution in [2.45, 2.75) is 6.43 Å². The van der Waals surface area contributed by atoms with Crippen molar-refractivity contribution in [1.29, 1.82) is 0 Å². The molecule has 160 valence electrons. The van der Waals surface area contributed by atoms with Gasteiger partial charge in [0.15, 0.2) is 23.1 Å². The second-order valence-electron chi connectivity index (χ2n) is 5.93. The highest BCUT2D eigenvalue weighted by Crippen LogP contribution is 2.39. The number of rotatable bonds is 7. The molecule has 0 aliphatic heterocycles. The summed E-state index contributed by atoms with van der Waals surface area (Å²) < 4.78 is 33.7. The predicted octanol–water partition coefficient (Wildman–Crippen LogP) is 3.99. The Labute approximate surface area is 190 Å². The number of aromatic nitrogens is 3. The van der Waals surface area contributed by atoms with Gasteiger partial charge in [0.2, 0.25) is 0 Å². The maximum atomic E-state index is 13.5. The molecule has 0 bridgehead atoms. The summed E-state index contributed by atoms with van der Waals surface area (Å²) in [6.45, 7) is 0. The third-order valence-electron chi connectivity index (χ3n) is 3.92. The molecule has 0 amide bonds. The maximum Gasteiger partial charge on any atom is 0.295 e. The van der Waals surface area contributed by atoms with Crippen LogP contribution in [0, 0.1) is 0 Å². The Hall–Kier alpha value is -2.02. The molecule has 3 aromatic rings. The molecule has 9 nitrogen and oxygen atoms in total. The van der Waals surface area contributed by atoms with Crippen LogP contribution in [0.3, 0.4) is 0 Å². The lowest BCUT2D eigenvalue weighted by atomic mass is 10.1. The molecule has 0 spiro atoms. The highest BCUT2D eigenvalue weighted by atomic mass is 127. The minimum absolute atomic E-state index is 0.0280. The zero-order valence-electron chi connectivity index (χ0n) is 15.7. The fourth-order valence-electron chi connectivity index (χ4n) is 2.78. The molecule has 0 fully saturated rings. The fraction of sp³-hybridized carbons (Fsp3) is 0.188. The minimum Gasteiger partial charge on any atom is -0.494 e. The average Bonchev–Trinajstić information content (AvgIpc) is 3.06. The first-order valence-electron chi connectivity index (χ1n) is 8.27. The average molecular weight is 569 g/mol. The number of imidazole rings is 1. The number of hydrogen-bond acceptors (Lipinski definition) is 7. The van der Waals surface area contributed by atoms with Gasteiger partial charge in [-0.1, -0.05) is 17.7 Å². The molecule has 30 heavy (non-hydrogen) atoms. The summed E-state index contributed by atoms with van der Waals surface area (Å²) in [5, 5.41) is 8.32. The van der Waals surface area contributed by atoms with Gasteiger partial charge in [0.25, 0.3) is 6.43 Å². The molecule has 2 aromatic heterocycles. The number of hydrogen-bond donors (Lipinski definition) is 3. The van der Waals surface area contributed by atoms with E-state index in [0.29, 0.717) is 22.7 Å². The number of halogens is 4. The largest absolute Gasteiger partial charge is 0.494 e. The van der Waals surface area contributed by atoms with E-state index in [-0.39, 0.29) is 34.4 Å². The number of nitrogens with one attached hydrogen (secondary N) is 1. The van der Waals surface area contributed by atoms with Gasteiger partial charge in [0.1, 0.15) is 10.7 Å². The number of amidine groups is 1. The van der Waals surface area contributed by atoms with E-state index >= 15 is 0 Å². The van der Waals surface area contributed by atoms with Crippen LogP contribution in [0.1, 0.15) is 17.8 Å². The highest BCUT2D eigenvalue weighted by Gasteiger charge is 2.23. The fourth-order valence-corrected chi connectivity index (χ4v) is 4.87. The van der Waals surface area contributed by atoms with Crippen LogP contribution < -0.4 is 21.6 Å². The van der Waals surface area contributed by atoms with Crippen LogP contribution in [-0.4, -0.2) is 39.4 Å². The molecule has 0 aliphatic carbocycles. The lowest BCUT2D eigenvalue weighted by molar-refractivity contribution is 0.140. The van der Waals surface area contributed by atoms with Gasteiger partial charge in [0.05, 0.1) is 30.4 Å². The summed E-state index contributed by atoms with van der Waals surface area (Å²) in [4.78, 5) is 8.27. The number of fused-ring (bicyclic) bond motifs is 1. The van der Waals surface area contributed by atoms with E-state index in [2.05, 4.69) is 20.4 Å². The lowest BCUT2D eigenvalue weighted by Gasteiger charge is -2.16.